The fraction of sp³-hybridized carbons (Fsp3) is 0.462. The van der Waals surface area contributed by atoms with Gasteiger partial charge in [-0.3, -0.25) is 10.0 Å². The Morgan fingerprint density at radius 2 is 2.00 bits per heavy atom. The number of unbranched alkanes of at least 4 members (excludes halogenated alkanes) is 1. The summed E-state index contributed by atoms with van der Waals surface area (Å²) in [6, 6.07) is 4.61. The van der Waals surface area contributed by atoms with Crippen LogP contribution in [0, 0.1) is 12.7 Å². The lowest BCUT2D eigenvalue weighted by atomic mass is 10.2. The van der Waals surface area contributed by atoms with Crippen molar-refractivity contribution in [3.63, 3.8) is 0 Å². The third-order valence-electron chi connectivity index (χ3n) is 2.12. The van der Waals surface area contributed by atoms with Crippen molar-refractivity contribution in [2.24, 2.45) is 0 Å². The molecule has 18 heavy (non-hydrogen) atoms. The van der Waals surface area contributed by atoms with Gasteiger partial charge in [-0.15, -0.1) is 11.8 Å². The first-order chi connectivity index (χ1) is 8.54. The Hall–Kier alpha value is -1.07. The lowest BCUT2D eigenvalue weighted by molar-refractivity contribution is -0.126. The van der Waals surface area contributed by atoms with Crippen molar-refractivity contribution in [3.05, 3.63) is 29.6 Å². The fourth-order valence-electron chi connectivity index (χ4n) is 0.888. The summed E-state index contributed by atoms with van der Waals surface area (Å²) >= 11 is 1.24. The summed E-state index contributed by atoms with van der Waals surface area (Å²) in [7, 11) is 0. The van der Waals surface area contributed by atoms with Gasteiger partial charge in [0.05, 0.1) is 5.75 Å². The summed E-state index contributed by atoms with van der Waals surface area (Å²) in [5.41, 5.74) is 2.07. The molecule has 0 heterocycles. The lowest BCUT2D eigenvalue weighted by Gasteiger charge is -2.02. The molecular weight excluding hydrogens is 253 g/mol. The van der Waals surface area contributed by atoms with E-state index in [4.69, 9.17) is 5.21 Å². The topological polar surface area (TPSA) is 49.3 Å². The zero-order valence-corrected chi connectivity index (χ0v) is 11.8. The van der Waals surface area contributed by atoms with E-state index in [0.717, 1.165) is 4.90 Å². The van der Waals surface area contributed by atoms with Crippen LogP contribution < -0.4 is 5.48 Å². The molecule has 0 spiro atoms. The van der Waals surface area contributed by atoms with Gasteiger partial charge in [-0.1, -0.05) is 26.7 Å². The maximum atomic E-state index is 12.8. The van der Waals surface area contributed by atoms with E-state index in [1.54, 1.807) is 19.1 Å². The van der Waals surface area contributed by atoms with Gasteiger partial charge in [-0.25, -0.2) is 9.87 Å². The SMILES string of the molecule is CCCC.Cc1cc(SCC(=O)NO)ccc1F. The first-order valence-electron chi connectivity index (χ1n) is 5.87. The molecule has 102 valence electrons. The van der Waals surface area contributed by atoms with Crippen molar-refractivity contribution < 1.29 is 14.4 Å². The number of hydrogen-bond donors (Lipinski definition) is 2. The molecule has 1 amide bonds. The smallest absolute Gasteiger partial charge is 0.253 e. The van der Waals surface area contributed by atoms with Crippen LogP contribution in [0.4, 0.5) is 4.39 Å². The number of nitrogens with one attached hydrogen (secondary N) is 1. The standard InChI is InChI=1S/C9H10FNO2S.C4H10/c1-6-4-7(2-3-8(6)10)14-5-9(12)11-13;1-3-4-2/h2-4,13H,5H2,1H3,(H,11,12);3-4H2,1-2H3. The van der Waals surface area contributed by atoms with Crippen LogP contribution in [0.3, 0.4) is 0 Å². The van der Waals surface area contributed by atoms with Gasteiger partial charge in [0.1, 0.15) is 5.82 Å². The summed E-state index contributed by atoms with van der Waals surface area (Å²) in [5, 5.41) is 8.24. The van der Waals surface area contributed by atoms with E-state index in [0.29, 0.717) is 5.56 Å². The van der Waals surface area contributed by atoms with Crippen molar-refractivity contribution in [2.45, 2.75) is 38.5 Å². The lowest BCUT2D eigenvalue weighted by Crippen LogP contribution is -2.20. The molecule has 5 heteroatoms. The van der Waals surface area contributed by atoms with Crippen molar-refractivity contribution in [2.75, 3.05) is 5.75 Å². The average molecular weight is 273 g/mol. The van der Waals surface area contributed by atoms with Crippen molar-refractivity contribution in [3.8, 4) is 0 Å². The predicted molar refractivity (Wildman–Crippen MR) is 72.4 cm³/mol. The number of hydrogen-bond acceptors (Lipinski definition) is 3. The number of aryl methyl sites for hydroxylation is 1. The molecule has 0 aromatic heterocycles. The number of hydroxylamine groups is 1. The van der Waals surface area contributed by atoms with Gasteiger partial charge >= 0.3 is 0 Å². The quantitative estimate of drug-likeness (QED) is 0.501. The fourth-order valence-corrected chi connectivity index (χ4v) is 1.67. The normalized spacial score (nSPS) is 9.39. The van der Waals surface area contributed by atoms with Gasteiger partial charge < -0.3 is 0 Å². The molecule has 2 N–H and O–H groups in total. The van der Waals surface area contributed by atoms with E-state index in [1.165, 1.54) is 36.1 Å². The highest BCUT2D eigenvalue weighted by Crippen LogP contribution is 2.20. The van der Waals surface area contributed by atoms with E-state index >= 15 is 0 Å². The van der Waals surface area contributed by atoms with Gasteiger partial charge in [0.15, 0.2) is 0 Å². The highest BCUT2D eigenvalue weighted by molar-refractivity contribution is 8.00. The second kappa shape index (κ2) is 9.91. The summed E-state index contributed by atoms with van der Waals surface area (Å²) in [6.45, 7) is 6.02. The van der Waals surface area contributed by atoms with Crippen LogP contribution in [0.15, 0.2) is 23.1 Å². The van der Waals surface area contributed by atoms with Crippen LogP contribution in [0.5, 0.6) is 0 Å². The molecule has 3 nitrogen and oxygen atoms in total. The molecule has 0 aliphatic rings. The maximum absolute atomic E-state index is 12.8. The Bertz CT molecular complexity index is 370. The van der Waals surface area contributed by atoms with Crippen LogP contribution in [0.2, 0.25) is 0 Å². The maximum Gasteiger partial charge on any atom is 0.253 e. The number of thioether (sulfide) groups is 1. The van der Waals surface area contributed by atoms with Gasteiger partial charge in [0, 0.05) is 4.90 Å². The molecule has 1 aromatic carbocycles. The number of rotatable bonds is 4. The minimum atomic E-state index is -0.475. The largest absolute Gasteiger partial charge is 0.289 e. The molecule has 1 aromatic rings. The molecule has 0 aliphatic carbocycles. The molecule has 0 fully saturated rings. The molecule has 0 bridgehead atoms. The predicted octanol–water partition coefficient (Wildman–Crippen LogP) is 3.54. The summed E-state index contributed by atoms with van der Waals surface area (Å²) < 4.78 is 12.8. The second-order valence-electron chi connectivity index (χ2n) is 3.73. The van der Waals surface area contributed by atoms with Crippen molar-refractivity contribution >= 4 is 17.7 Å². The number of halogens is 1. The highest BCUT2D eigenvalue weighted by atomic mass is 32.2. The molecular formula is C13H20FNO2S. The van der Waals surface area contributed by atoms with Crippen LogP contribution in [-0.4, -0.2) is 16.9 Å². The minimum absolute atomic E-state index is 0.113. The van der Waals surface area contributed by atoms with Crippen LogP contribution in [-0.2, 0) is 4.79 Å². The van der Waals surface area contributed by atoms with Crippen LogP contribution >= 0.6 is 11.8 Å². The van der Waals surface area contributed by atoms with E-state index < -0.39 is 5.91 Å². The number of benzene rings is 1. The van der Waals surface area contributed by atoms with Gasteiger partial charge in [0.25, 0.3) is 5.91 Å². The Morgan fingerprint density at radius 1 is 1.39 bits per heavy atom. The number of carbonyl (C=O) groups is 1. The molecule has 1 rings (SSSR count). The van der Waals surface area contributed by atoms with E-state index in [2.05, 4.69) is 13.8 Å². The zero-order chi connectivity index (χ0) is 14.0. The van der Waals surface area contributed by atoms with Gasteiger partial charge in [-0.05, 0) is 30.7 Å². The number of amides is 1. The van der Waals surface area contributed by atoms with E-state index in [9.17, 15) is 9.18 Å². The monoisotopic (exact) mass is 273 g/mol. The van der Waals surface area contributed by atoms with E-state index in [-0.39, 0.29) is 11.6 Å². The zero-order valence-electron chi connectivity index (χ0n) is 11.0. The molecule has 0 aliphatic heterocycles. The third kappa shape index (κ3) is 7.29. The summed E-state index contributed by atoms with van der Waals surface area (Å²) in [5.74, 6) is -0.625. The molecule has 0 saturated heterocycles. The summed E-state index contributed by atoms with van der Waals surface area (Å²) in [4.78, 5) is 11.5. The van der Waals surface area contributed by atoms with Gasteiger partial charge in [-0.2, -0.15) is 0 Å². The Kier molecular flexibility index (Phi) is 9.32. The summed E-state index contributed by atoms with van der Waals surface area (Å²) in [6.07, 6.45) is 2.64. The highest BCUT2D eigenvalue weighted by Gasteiger charge is 2.03. The third-order valence-corrected chi connectivity index (χ3v) is 3.12. The number of carbonyl (C=O) groups excluding carboxylic acids is 1. The molecule has 0 atom stereocenters. The van der Waals surface area contributed by atoms with Crippen LogP contribution in [0.1, 0.15) is 32.3 Å². The van der Waals surface area contributed by atoms with Crippen molar-refractivity contribution in [1.29, 1.82) is 0 Å². The minimum Gasteiger partial charge on any atom is -0.289 e. The van der Waals surface area contributed by atoms with Gasteiger partial charge in [0.2, 0.25) is 0 Å². The Balaban J connectivity index is 0.000000631. The first-order valence-corrected chi connectivity index (χ1v) is 6.85. The average Bonchev–Trinajstić information content (AvgIpc) is 2.40. The Labute approximate surface area is 112 Å². The van der Waals surface area contributed by atoms with Crippen LogP contribution in [0.25, 0.3) is 0 Å². The second-order valence-corrected chi connectivity index (χ2v) is 4.78. The Morgan fingerprint density at radius 3 is 2.44 bits per heavy atom. The molecule has 0 saturated carbocycles. The van der Waals surface area contributed by atoms with Crippen molar-refractivity contribution in [1.82, 2.24) is 5.48 Å². The molecule has 0 unspecified atom stereocenters. The van der Waals surface area contributed by atoms with E-state index in [1.807, 2.05) is 0 Å². The first kappa shape index (κ1) is 16.9. The molecule has 0 radical (unpaired) electrons.